The van der Waals surface area contributed by atoms with Crippen LogP contribution in [0.3, 0.4) is 0 Å². The average molecular weight is 415 g/mol. The van der Waals surface area contributed by atoms with Crippen LogP contribution >= 0.6 is 0 Å². The molecule has 3 N–H and O–H groups in total. The van der Waals surface area contributed by atoms with Crippen molar-refractivity contribution in [1.82, 2.24) is 18.8 Å². The molecule has 0 unspecified atom stereocenters. The van der Waals surface area contributed by atoms with Gasteiger partial charge in [0.15, 0.2) is 0 Å². The van der Waals surface area contributed by atoms with Crippen molar-refractivity contribution in [3.8, 4) is 0 Å². The van der Waals surface area contributed by atoms with E-state index in [2.05, 4.69) is 4.98 Å². The molecule has 0 spiro atoms. The molecule has 1 aliphatic heterocycles. The first kappa shape index (κ1) is 19.2. The molecule has 1 fully saturated rings. The summed E-state index contributed by atoms with van der Waals surface area (Å²) in [6.45, 7) is 0.913. The van der Waals surface area contributed by atoms with Crippen LogP contribution in [0.15, 0.2) is 47.5 Å². The van der Waals surface area contributed by atoms with Crippen molar-refractivity contribution in [2.75, 3.05) is 26.2 Å². The highest BCUT2D eigenvalue weighted by molar-refractivity contribution is 7.89. The Morgan fingerprint density at radius 2 is 1.76 bits per heavy atom. The van der Waals surface area contributed by atoms with Gasteiger partial charge in [-0.05, 0) is 18.2 Å². The Morgan fingerprint density at radius 1 is 1.07 bits per heavy atom. The number of amides is 2. The molecule has 1 aromatic carbocycles. The van der Waals surface area contributed by atoms with Crippen molar-refractivity contribution in [1.29, 1.82) is 0 Å². The topological polar surface area (TPSA) is 122 Å². The smallest absolute Gasteiger partial charge is 0.270 e. The molecule has 0 radical (unpaired) electrons. The minimum absolute atomic E-state index is 0.0178. The van der Waals surface area contributed by atoms with E-state index in [0.29, 0.717) is 5.69 Å². The third kappa shape index (κ3) is 3.40. The van der Waals surface area contributed by atoms with Crippen molar-refractivity contribution in [3.05, 3.63) is 54.0 Å². The number of aromatic amines is 1. The normalized spacial score (nSPS) is 15.7. The third-order valence-corrected chi connectivity index (χ3v) is 7.02. The number of primary amides is 1. The molecule has 0 saturated carbocycles. The summed E-state index contributed by atoms with van der Waals surface area (Å²) in [6, 6.07) is 10.7. The summed E-state index contributed by atoms with van der Waals surface area (Å²) in [5.74, 6) is -0.850. The Bertz CT molecular complexity index is 1170. The largest absolute Gasteiger partial charge is 0.364 e. The summed E-state index contributed by atoms with van der Waals surface area (Å²) in [5.41, 5.74) is 6.75. The molecule has 9 nitrogen and oxygen atoms in total. The molecule has 29 heavy (non-hydrogen) atoms. The van der Waals surface area contributed by atoms with Gasteiger partial charge in [-0.3, -0.25) is 9.59 Å². The molecular weight excluding hydrogens is 394 g/mol. The Labute approximate surface area is 167 Å². The van der Waals surface area contributed by atoms with Gasteiger partial charge in [0.25, 0.3) is 11.8 Å². The number of benzene rings is 1. The predicted molar refractivity (Wildman–Crippen MR) is 107 cm³/mol. The minimum atomic E-state index is -3.77. The van der Waals surface area contributed by atoms with Gasteiger partial charge in [-0.15, -0.1) is 0 Å². The Morgan fingerprint density at radius 3 is 2.38 bits per heavy atom. The molecule has 2 amide bonds. The van der Waals surface area contributed by atoms with Crippen LogP contribution < -0.4 is 5.73 Å². The number of para-hydroxylation sites is 1. The highest BCUT2D eigenvalue weighted by Gasteiger charge is 2.32. The number of carbonyl (C=O) groups excluding carboxylic acids is 2. The standard InChI is InChI=1S/C19H21N5O4S/c1-22-12-14(11-17(22)18(20)25)29(27,28)24-8-6-23(7-9-24)19(26)16-10-13-4-2-3-5-15(13)21-16/h2-5,10-12,21H,6-9H2,1H3,(H2,20,25). The van der Waals surface area contributed by atoms with E-state index in [1.165, 1.54) is 21.1 Å². The molecule has 4 rings (SSSR count). The van der Waals surface area contributed by atoms with Crippen molar-refractivity contribution in [2.24, 2.45) is 12.8 Å². The molecule has 1 aliphatic rings. The summed E-state index contributed by atoms with van der Waals surface area (Å²) in [6.07, 6.45) is 1.37. The number of fused-ring (bicyclic) bond motifs is 1. The molecule has 3 heterocycles. The number of nitrogens with two attached hydrogens (primary N) is 1. The lowest BCUT2D eigenvalue weighted by molar-refractivity contribution is 0.0693. The van der Waals surface area contributed by atoms with Crippen LogP contribution in [-0.2, 0) is 17.1 Å². The lowest BCUT2D eigenvalue weighted by atomic mass is 10.2. The molecular formula is C19H21N5O4S. The van der Waals surface area contributed by atoms with Crippen LogP contribution in [0.4, 0.5) is 0 Å². The molecule has 0 atom stereocenters. The van der Waals surface area contributed by atoms with Crippen LogP contribution in [-0.4, -0.2) is 65.2 Å². The second kappa shape index (κ2) is 7.05. The Balaban J connectivity index is 1.47. The second-order valence-corrected chi connectivity index (χ2v) is 8.94. The molecule has 3 aromatic rings. The number of piperazine rings is 1. The van der Waals surface area contributed by atoms with Gasteiger partial charge in [0, 0.05) is 50.3 Å². The van der Waals surface area contributed by atoms with Gasteiger partial charge in [-0.25, -0.2) is 8.42 Å². The number of H-pyrrole nitrogens is 1. The van der Waals surface area contributed by atoms with Crippen molar-refractivity contribution in [3.63, 3.8) is 0 Å². The maximum absolute atomic E-state index is 12.9. The zero-order valence-corrected chi connectivity index (χ0v) is 16.6. The van der Waals surface area contributed by atoms with Gasteiger partial charge in [0.2, 0.25) is 10.0 Å². The van der Waals surface area contributed by atoms with Crippen LogP contribution in [0.5, 0.6) is 0 Å². The van der Waals surface area contributed by atoms with Crippen molar-refractivity contribution >= 4 is 32.7 Å². The van der Waals surface area contributed by atoms with Gasteiger partial charge in [-0.2, -0.15) is 4.31 Å². The van der Waals surface area contributed by atoms with E-state index in [1.807, 2.05) is 24.3 Å². The van der Waals surface area contributed by atoms with Crippen LogP contribution in [0.1, 0.15) is 21.0 Å². The molecule has 0 bridgehead atoms. The lowest BCUT2D eigenvalue weighted by Crippen LogP contribution is -2.50. The lowest BCUT2D eigenvalue weighted by Gasteiger charge is -2.33. The second-order valence-electron chi connectivity index (χ2n) is 7.00. The quantitative estimate of drug-likeness (QED) is 0.653. The van der Waals surface area contributed by atoms with Gasteiger partial charge < -0.3 is 20.2 Å². The van der Waals surface area contributed by atoms with E-state index in [-0.39, 0.29) is 42.7 Å². The van der Waals surface area contributed by atoms with Gasteiger partial charge >= 0.3 is 0 Å². The van der Waals surface area contributed by atoms with Gasteiger partial charge in [-0.1, -0.05) is 18.2 Å². The number of aryl methyl sites for hydroxylation is 1. The number of nitrogens with one attached hydrogen (secondary N) is 1. The number of hydrogen-bond acceptors (Lipinski definition) is 4. The SMILES string of the molecule is Cn1cc(S(=O)(=O)N2CCN(C(=O)c3cc4ccccc4[nH]3)CC2)cc1C(N)=O. The number of carbonyl (C=O) groups is 2. The third-order valence-electron chi connectivity index (χ3n) is 5.16. The number of sulfonamides is 1. The molecule has 0 aliphatic carbocycles. The van der Waals surface area contributed by atoms with Gasteiger partial charge in [0.1, 0.15) is 16.3 Å². The summed E-state index contributed by atoms with van der Waals surface area (Å²) in [4.78, 5) is 29.0. The fourth-order valence-electron chi connectivity index (χ4n) is 3.56. The van der Waals surface area contributed by atoms with E-state index in [0.717, 1.165) is 10.9 Å². The first-order valence-corrected chi connectivity index (χ1v) is 10.5. The van der Waals surface area contributed by atoms with Gasteiger partial charge in [0.05, 0.1) is 0 Å². The number of rotatable bonds is 4. The first-order chi connectivity index (χ1) is 13.8. The summed E-state index contributed by atoms with van der Waals surface area (Å²) >= 11 is 0. The first-order valence-electron chi connectivity index (χ1n) is 9.11. The summed E-state index contributed by atoms with van der Waals surface area (Å²) < 4.78 is 28.5. The van der Waals surface area contributed by atoms with E-state index in [1.54, 1.807) is 18.0 Å². The predicted octanol–water partition coefficient (Wildman–Crippen LogP) is 0.752. The van der Waals surface area contributed by atoms with Crippen LogP contribution in [0.2, 0.25) is 0 Å². The molecule has 10 heteroatoms. The number of aromatic nitrogens is 2. The van der Waals surface area contributed by atoms with Crippen molar-refractivity contribution in [2.45, 2.75) is 4.90 Å². The summed E-state index contributed by atoms with van der Waals surface area (Å²) in [7, 11) is -2.21. The maximum Gasteiger partial charge on any atom is 0.270 e. The molecule has 152 valence electrons. The van der Waals surface area contributed by atoms with E-state index in [9.17, 15) is 18.0 Å². The monoisotopic (exact) mass is 415 g/mol. The zero-order valence-electron chi connectivity index (χ0n) is 15.8. The zero-order chi connectivity index (χ0) is 20.8. The highest BCUT2D eigenvalue weighted by Crippen LogP contribution is 2.21. The van der Waals surface area contributed by atoms with Crippen molar-refractivity contribution < 1.29 is 18.0 Å². The molecule has 1 saturated heterocycles. The Kier molecular flexibility index (Phi) is 4.67. The molecule has 2 aromatic heterocycles. The fourth-order valence-corrected chi connectivity index (χ4v) is 5.05. The number of hydrogen-bond donors (Lipinski definition) is 2. The van der Waals surface area contributed by atoms with E-state index < -0.39 is 15.9 Å². The van der Waals surface area contributed by atoms with Crippen LogP contribution in [0.25, 0.3) is 10.9 Å². The summed E-state index contributed by atoms with van der Waals surface area (Å²) in [5, 5.41) is 0.950. The van der Waals surface area contributed by atoms with E-state index >= 15 is 0 Å². The van der Waals surface area contributed by atoms with Crippen LogP contribution in [0, 0.1) is 0 Å². The maximum atomic E-state index is 12.9. The Hall–Kier alpha value is -3.11. The fraction of sp³-hybridized carbons (Fsp3) is 0.263. The highest BCUT2D eigenvalue weighted by atomic mass is 32.2. The van der Waals surface area contributed by atoms with E-state index in [4.69, 9.17) is 5.73 Å². The average Bonchev–Trinajstić information content (AvgIpc) is 3.31. The minimum Gasteiger partial charge on any atom is -0.364 e. The number of nitrogens with zero attached hydrogens (tertiary/aromatic N) is 3.